The molecule has 2 aromatic rings. The van der Waals surface area contributed by atoms with E-state index in [0.29, 0.717) is 9.21 Å². The monoisotopic (exact) mass is 358 g/mol. The van der Waals surface area contributed by atoms with Gasteiger partial charge in [-0.2, -0.15) is 0 Å². The lowest BCUT2D eigenvalue weighted by molar-refractivity contribution is 0.104. The van der Waals surface area contributed by atoms with Gasteiger partial charge < -0.3 is 0 Å². The van der Waals surface area contributed by atoms with Crippen LogP contribution < -0.4 is 0 Å². The predicted molar refractivity (Wildman–Crippen MR) is 79.2 cm³/mol. The van der Waals surface area contributed by atoms with Crippen LogP contribution in [-0.4, -0.2) is 5.78 Å². The van der Waals surface area contributed by atoms with Crippen molar-refractivity contribution in [1.29, 1.82) is 0 Å². The van der Waals surface area contributed by atoms with Gasteiger partial charge in [0, 0.05) is 0 Å². The summed E-state index contributed by atoms with van der Waals surface area (Å²) in [6.45, 7) is 0. The molecule has 0 aliphatic carbocycles. The summed E-state index contributed by atoms with van der Waals surface area (Å²) in [7, 11) is 0. The van der Waals surface area contributed by atoms with Crippen LogP contribution in [0.4, 0.5) is 0 Å². The summed E-state index contributed by atoms with van der Waals surface area (Å²) in [5.41, 5.74) is 0.131. The van der Waals surface area contributed by atoms with E-state index in [2.05, 4.69) is 0 Å². The van der Waals surface area contributed by atoms with Gasteiger partial charge in [-0.1, -0.05) is 58.0 Å². The topological polar surface area (TPSA) is 17.1 Å². The lowest BCUT2D eigenvalue weighted by Gasteiger charge is -2.08. The van der Waals surface area contributed by atoms with Gasteiger partial charge in [-0.25, -0.2) is 0 Å². The van der Waals surface area contributed by atoms with Crippen LogP contribution in [0, 0.1) is 0 Å². The zero-order valence-electron chi connectivity index (χ0n) is 8.44. The van der Waals surface area contributed by atoms with E-state index in [4.69, 9.17) is 58.0 Å². The van der Waals surface area contributed by atoms with E-state index in [1.165, 1.54) is 6.07 Å². The van der Waals surface area contributed by atoms with Gasteiger partial charge in [0.1, 0.15) is 0 Å². The molecule has 1 heterocycles. The minimum absolute atomic E-state index is 0.0451. The lowest BCUT2D eigenvalue weighted by Crippen LogP contribution is -2.01. The van der Waals surface area contributed by atoms with Gasteiger partial charge in [-0.3, -0.25) is 4.79 Å². The Morgan fingerprint density at radius 1 is 0.944 bits per heavy atom. The number of ketones is 1. The van der Waals surface area contributed by atoms with Crippen LogP contribution >= 0.6 is 69.3 Å². The molecule has 1 aromatic heterocycles. The zero-order valence-corrected chi connectivity index (χ0v) is 13.0. The third kappa shape index (κ3) is 2.64. The molecule has 0 spiro atoms. The number of rotatable bonds is 2. The maximum atomic E-state index is 12.2. The Hall–Kier alpha value is 0.0400. The second-order valence-corrected chi connectivity index (χ2v) is 6.56. The van der Waals surface area contributed by atoms with E-state index in [-0.39, 0.29) is 31.4 Å². The summed E-state index contributed by atoms with van der Waals surface area (Å²) < 4.78 is 0.505. The largest absolute Gasteiger partial charge is 0.288 e. The molecule has 0 N–H and O–H groups in total. The van der Waals surface area contributed by atoms with Crippen molar-refractivity contribution in [1.82, 2.24) is 0 Å². The summed E-state index contributed by atoms with van der Waals surface area (Å²) in [5.74, 6) is -0.333. The van der Waals surface area contributed by atoms with E-state index in [1.807, 2.05) is 0 Å². The maximum Gasteiger partial charge on any atom is 0.206 e. The molecule has 0 saturated carbocycles. The molecule has 0 amide bonds. The van der Waals surface area contributed by atoms with Crippen molar-refractivity contribution in [2.45, 2.75) is 0 Å². The van der Waals surface area contributed by atoms with Crippen molar-refractivity contribution < 1.29 is 4.79 Å². The SMILES string of the molecule is O=C(c1ccc(Cl)s1)c1c(Cl)cc(Cl)c(Cl)c1Cl. The Balaban J connectivity index is 2.58. The smallest absolute Gasteiger partial charge is 0.206 e. The average Bonchev–Trinajstić information content (AvgIpc) is 2.73. The van der Waals surface area contributed by atoms with Gasteiger partial charge in [0.2, 0.25) is 5.78 Å². The van der Waals surface area contributed by atoms with Crippen LogP contribution in [-0.2, 0) is 0 Å². The van der Waals surface area contributed by atoms with Crippen molar-refractivity contribution in [3.05, 3.63) is 53.1 Å². The highest BCUT2D eigenvalue weighted by atomic mass is 35.5. The molecule has 2 rings (SSSR count). The molecule has 0 saturated heterocycles. The van der Waals surface area contributed by atoms with E-state index < -0.39 is 0 Å². The van der Waals surface area contributed by atoms with Gasteiger partial charge in [0.25, 0.3) is 0 Å². The van der Waals surface area contributed by atoms with Gasteiger partial charge in [0.15, 0.2) is 0 Å². The predicted octanol–water partition coefficient (Wildman–Crippen LogP) is 6.25. The van der Waals surface area contributed by atoms with Crippen LogP contribution in [0.5, 0.6) is 0 Å². The Bertz CT molecular complexity index is 635. The molecule has 0 aliphatic rings. The van der Waals surface area contributed by atoms with E-state index >= 15 is 0 Å². The number of halogens is 5. The molecule has 0 unspecified atom stereocenters. The van der Waals surface area contributed by atoms with Crippen LogP contribution in [0.1, 0.15) is 15.2 Å². The fourth-order valence-corrected chi connectivity index (χ4v) is 3.41. The molecule has 94 valence electrons. The molecular formula is C11H3Cl5OS. The number of thiophene rings is 1. The minimum atomic E-state index is -0.333. The van der Waals surface area contributed by atoms with E-state index in [1.54, 1.807) is 12.1 Å². The number of benzene rings is 1. The number of hydrogen-bond acceptors (Lipinski definition) is 2. The van der Waals surface area contributed by atoms with Gasteiger partial charge in [0.05, 0.1) is 34.9 Å². The average molecular weight is 360 g/mol. The van der Waals surface area contributed by atoms with Gasteiger partial charge >= 0.3 is 0 Å². The first-order chi connectivity index (χ1) is 8.41. The number of hydrogen-bond donors (Lipinski definition) is 0. The second-order valence-electron chi connectivity index (χ2n) is 3.28. The van der Waals surface area contributed by atoms with Crippen molar-refractivity contribution >= 4 is 75.1 Å². The number of carbonyl (C=O) groups excluding carboxylic acids is 1. The lowest BCUT2D eigenvalue weighted by atomic mass is 10.1. The van der Waals surface area contributed by atoms with Crippen molar-refractivity contribution in [3.63, 3.8) is 0 Å². The molecule has 0 fully saturated rings. The fourth-order valence-electron chi connectivity index (χ4n) is 1.33. The van der Waals surface area contributed by atoms with Gasteiger partial charge in [-0.15, -0.1) is 11.3 Å². The summed E-state index contributed by atoms with van der Waals surface area (Å²) in [4.78, 5) is 12.7. The highest BCUT2D eigenvalue weighted by Gasteiger charge is 2.22. The molecule has 7 heteroatoms. The van der Waals surface area contributed by atoms with Crippen molar-refractivity contribution in [3.8, 4) is 0 Å². The molecule has 0 aliphatic heterocycles. The van der Waals surface area contributed by atoms with Crippen LogP contribution in [0.3, 0.4) is 0 Å². The van der Waals surface area contributed by atoms with Gasteiger partial charge in [-0.05, 0) is 18.2 Å². The molecule has 0 atom stereocenters. The van der Waals surface area contributed by atoms with Crippen molar-refractivity contribution in [2.24, 2.45) is 0 Å². The first-order valence-corrected chi connectivity index (χ1v) is 7.25. The highest BCUT2D eigenvalue weighted by molar-refractivity contribution is 7.18. The van der Waals surface area contributed by atoms with Crippen LogP contribution in [0.25, 0.3) is 0 Å². The Morgan fingerprint density at radius 3 is 2.17 bits per heavy atom. The molecular weight excluding hydrogens is 357 g/mol. The van der Waals surface area contributed by atoms with E-state index in [9.17, 15) is 4.79 Å². The first kappa shape index (κ1) is 14.4. The third-order valence-electron chi connectivity index (χ3n) is 2.14. The van der Waals surface area contributed by atoms with Crippen LogP contribution in [0.15, 0.2) is 18.2 Å². The molecule has 1 nitrogen and oxygen atoms in total. The van der Waals surface area contributed by atoms with Crippen LogP contribution in [0.2, 0.25) is 24.4 Å². The normalized spacial score (nSPS) is 10.7. The van der Waals surface area contributed by atoms with E-state index in [0.717, 1.165) is 11.3 Å². The zero-order chi connectivity index (χ0) is 13.4. The summed E-state index contributed by atoms with van der Waals surface area (Å²) in [6.07, 6.45) is 0. The summed E-state index contributed by atoms with van der Waals surface area (Å²) in [6, 6.07) is 4.61. The quantitative estimate of drug-likeness (QED) is 0.352. The second kappa shape index (κ2) is 5.58. The minimum Gasteiger partial charge on any atom is -0.288 e. The molecule has 0 radical (unpaired) electrons. The summed E-state index contributed by atoms with van der Waals surface area (Å²) in [5, 5.41) is 0.508. The Kier molecular flexibility index (Phi) is 4.48. The molecule has 1 aromatic carbocycles. The third-order valence-corrected chi connectivity index (χ3v) is 4.93. The Morgan fingerprint density at radius 2 is 1.61 bits per heavy atom. The maximum absolute atomic E-state index is 12.2. The standard InChI is InChI=1S/C11H3Cl5OS/c12-4-3-5(13)9(15)10(16)8(4)11(17)6-1-2-7(14)18-6/h1-3H. The first-order valence-electron chi connectivity index (χ1n) is 4.55. The number of carbonyl (C=O) groups is 1. The van der Waals surface area contributed by atoms with Crippen molar-refractivity contribution in [2.75, 3.05) is 0 Å². The highest BCUT2D eigenvalue weighted by Crippen LogP contribution is 2.39. The molecule has 0 bridgehead atoms. The molecule has 18 heavy (non-hydrogen) atoms. The summed E-state index contributed by atoms with van der Waals surface area (Å²) >= 11 is 30.6. The fraction of sp³-hybridized carbons (Fsp3) is 0. The Labute approximate surface area is 132 Å².